The molecule has 0 saturated carbocycles. The van der Waals surface area contributed by atoms with E-state index in [1.807, 2.05) is 6.92 Å². The summed E-state index contributed by atoms with van der Waals surface area (Å²) in [5.41, 5.74) is 2.59. The Bertz CT molecular complexity index is 841. The molecule has 3 aromatic rings. The quantitative estimate of drug-likeness (QED) is 0.769. The van der Waals surface area contributed by atoms with Crippen LogP contribution in [-0.2, 0) is 0 Å². The first-order valence-corrected chi connectivity index (χ1v) is 7.67. The number of aromatic nitrogens is 4. The van der Waals surface area contributed by atoms with Crippen LogP contribution in [0.3, 0.4) is 0 Å². The third kappa shape index (κ3) is 2.86. The molecule has 22 heavy (non-hydrogen) atoms. The normalized spacial score (nSPS) is 10.7. The Hall–Kier alpha value is -2.25. The summed E-state index contributed by atoms with van der Waals surface area (Å²) >= 11 is 7.51. The summed E-state index contributed by atoms with van der Waals surface area (Å²) in [6.07, 6.45) is 0. The number of rotatable bonds is 3. The number of halogens is 1. The van der Waals surface area contributed by atoms with Crippen molar-refractivity contribution in [2.24, 2.45) is 0 Å². The molecule has 2 heterocycles. The van der Waals surface area contributed by atoms with Crippen LogP contribution in [-0.4, -0.2) is 25.5 Å². The van der Waals surface area contributed by atoms with Crippen LogP contribution < -0.4 is 5.32 Å². The van der Waals surface area contributed by atoms with Gasteiger partial charge in [0.1, 0.15) is 5.82 Å². The number of benzene rings is 1. The van der Waals surface area contributed by atoms with Crippen molar-refractivity contribution in [3.63, 3.8) is 0 Å². The smallest absolute Gasteiger partial charge is 0.258 e. The third-order valence-electron chi connectivity index (χ3n) is 3.06. The monoisotopic (exact) mass is 333 g/mol. The fraction of sp³-hybridized carbons (Fsp3) is 0.143. The van der Waals surface area contributed by atoms with Gasteiger partial charge in [-0.2, -0.15) is 9.47 Å². The first kappa shape index (κ1) is 14.7. The molecule has 3 rings (SSSR count). The molecule has 2 aromatic heterocycles. The van der Waals surface area contributed by atoms with E-state index in [0.717, 1.165) is 0 Å². The Labute approximate surface area is 135 Å². The molecule has 0 spiro atoms. The van der Waals surface area contributed by atoms with Gasteiger partial charge in [-0.15, -0.1) is 0 Å². The number of nitrogens with one attached hydrogen (secondary N) is 2. The minimum atomic E-state index is -0.205. The molecule has 0 atom stereocenters. The first-order chi connectivity index (χ1) is 10.5. The molecule has 0 unspecified atom stereocenters. The van der Waals surface area contributed by atoms with Gasteiger partial charge in [-0.3, -0.25) is 9.89 Å². The number of hydrogen-bond donors (Lipinski definition) is 2. The highest BCUT2D eigenvalue weighted by atomic mass is 35.5. The van der Waals surface area contributed by atoms with E-state index in [-0.39, 0.29) is 5.91 Å². The summed E-state index contributed by atoms with van der Waals surface area (Å²) in [5, 5.41) is 11.8. The summed E-state index contributed by atoms with van der Waals surface area (Å²) < 4.78 is 4.09. The standard InChI is InChI=1S/C14H12ClN5OS/c1-7-11(6-22-20-7)14(21)17-9-3-4-10(12(15)5-9)13-16-8(2)18-19-13/h3-6H,1-2H3,(H,17,21)(H,16,18,19). The van der Waals surface area contributed by atoms with E-state index in [1.54, 1.807) is 30.5 Å². The lowest BCUT2D eigenvalue weighted by Crippen LogP contribution is -2.12. The van der Waals surface area contributed by atoms with Gasteiger partial charge in [0.15, 0.2) is 5.82 Å². The van der Waals surface area contributed by atoms with E-state index in [9.17, 15) is 4.79 Å². The van der Waals surface area contributed by atoms with E-state index < -0.39 is 0 Å². The molecule has 0 saturated heterocycles. The highest BCUT2D eigenvalue weighted by Gasteiger charge is 2.13. The molecule has 0 fully saturated rings. The van der Waals surface area contributed by atoms with Gasteiger partial charge >= 0.3 is 0 Å². The Kier molecular flexibility index (Phi) is 3.91. The van der Waals surface area contributed by atoms with Gasteiger partial charge in [0.2, 0.25) is 0 Å². The number of carbonyl (C=O) groups excluding carboxylic acids is 1. The highest BCUT2D eigenvalue weighted by molar-refractivity contribution is 7.04. The fourth-order valence-corrected chi connectivity index (χ4v) is 2.90. The molecular weight excluding hydrogens is 322 g/mol. The zero-order chi connectivity index (χ0) is 15.7. The second-order valence-corrected chi connectivity index (χ2v) is 5.74. The van der Waals surface area contributed by atoms with Crippen LogP contribution in [0.25, 0.3) is 11.4 Å². The summed E-state index contributed by atoms with van der Waals surface area (Å²) in [4.78, 5) is 16.4. The summed E-state index contributed by atoms with van der Waals surface area (Å²) in [6, 6.07) is 5.22. The Morgan fingerprint density at radius 1 is 1.36 bits per heavy atom. The summed E-state index contributed by atoms with van der Waals surface area (Å²) in [5.74, 6) is 1.03. The number of carbonyl (C=O) groups is 1. The lowest BCUT2D eigenvalue weighted by Gasteiger charge is -2.07. The van der Waals surface area contributed by atoms with Crippen molar-refractivity contribution in [1.29, 1.82) is 0 Å². The number of amides is 1. The van der Waals surface area contributed by atoms with Crippen molar-refractivity contribution in [2.45, 2.75) is 13.8 Å². The Morgan fingerprint density at radius 3 is 2.77 bits per heavy atom. The van der Waals surface area contributed by atoms with Crippen molar-refractivity contribution < 1.29 is 4.79 Å². The summed E-state index contributed by atoms with van der Waals surface area (Å²) in [6.45, 7) is 3.61. The maximum atomic E-state index is 12.1. The van der Waals surface area contributed by atoms with Crippen molar-refractivity contribution in [3.05, 3.63) is 45.7 Å². The molecule has 0 radical (unpaired) electrons. The van der Waals surface area contributed by atoms with Crippen LogP contribution in [0.5, 0.6) is 0 Å². The van der Waals surface area contributed by atoms with Gasteiger partial charge in [-0.25, -0.2) is 4.98 Å². The molecule has 0 aliphatic carbocycles. The average molecular weight is 334 g/mol. The molecule has 1 aromatic carbocycles. The second-order valence-electron chi connectivity index (χ2n) is 4.71. The van der Waals surface area contributed by atoms with Gasteiger partial charge in [0.05, 0.1) is 16.3 Å². The van der Waals surface area contributed by atoms with Gasteiger partial charge in [0.25, 0.3) is 5.91 Å². The maximum Gasteiger partial charge on any atom is 0.258 e. The second kappa shape index (κ2) is 5.86. The molecule has 2 N–H and O–H groups in total. The van der Waals surface area contributed by atoms with E-state index in [4.69, 9.17) is 11.6 Å². The predicted octanol–water partition coefficient (Wildman–Crippen LogP) is 3.45. The molecule has 1 amide bonds. The van der Waals surface area contributed by atoms with Crippen LogP contribution in [0.4, 0.5) is 5.69 Å². The number of aryl methyl sites for hydroxylation is 2. The number of H-pyrrole nitrogens is 1. The Balaban J connectivity index is 1.83. The van der Waals surface area contributed by atoms with Crippen LogP contribution in [0, 0.1) is 13.8 Å². The van der Waals surface area contributed by atoms with Crippen molar-refractivity contribution in [2.75, 3.05) is 5.32 Å². The van der Waals surface area contributed by atoms with Crippen LogP contribution in [0.1, 0.15) is 21.9 Å². The molecule has 0 bridgehead atoms. The zero-order valence-corrected chi connectivity index (χ0v) is 13.4. The van der Waals surface area contributed by atoms with Gasteiger partial charge in [-0.05, 0) is 43.6 Å². The Morgan fingerprint density at radius 2 is 2.18 bits per heavy atom. The molecule has 112 valence electrons. The number of anilines is 1. The lowest BCUT2D eigenvalue weighted by atomic mass is 10.2. The molecule has 6 nitrogen and oxygen atoms in total. The van der Waals surface area contributed by atoms with Crippen LogP contribution in [0.2, 0.25) is 5.02 Å². The van der Waals surface area contributed by atoms with Crippen LogP contribution >= 0.6 is 23.1 Å². The van der Waals surface area contributed by atoms with Crippen molar-refractivity contribution in [3.8, 4) is 11.4 Å². The molecule has 8 heteroatoms. The third-order valence-corrected chi connectivity index (χ3v) is 4.09. The van der Waals surface area contributed by atoms with E-state index >= 15 is 0 Å². The number of nitrogens with zero attached hydrogens (tertiary/aromatic N) is 3. The average Bonchev–Trinajstić information content (AvgIpc) is 3.07. The molecule has 0 aliphatic rings. The zero-order valence-electron chi connectivity index (χ0n) is 11.8. The predicted molar refractivity (Wildman–Crippen MR) is 86.4 cm³/mol. The maximum absolute atomic E-state index is 12.1. The minimum Gasteiger partial charge on any atom is -0.322 e. The van der Waals surface area contributed by atoms with E-state index in [1.165, 1.54) is 11.5 Å². The van der Waals surface area contributed by atoms with Crippen LogP contribution in [0.15, 0.2) is 23.6 Å². The minimum absolute atomic E-state index is 0.205. The molecular formula is C14H12ClN5OS. The van der Waals surface area contributed by atoms with Gasteiger partial charge in [0, 0.05) is 16.6 Å². The van der Waals surface area contributed by atoms with Gasteiger partial charge in [-0.1, -0.05) is 11.6 Å². The summed E-state index contributed by atoms with van der Waals surface area (Å²) in [7, 11) is 0. The first-order valence-electron chi connectivity index (χ1n) is 6.46. The fourth-order valence-electron chi connectivity index (χ4n) is 1.95. The van der Waals surface area contributed by atoms with E-state index in [2.05, 4.69) is 24.9 Å². The number of aromatic amines is 1. The van der Waals surface area contributed by atoms with Crippen molar-refractivity contribution in [1.82, 2.24) is 19.6 Å². The largest absolute Gasteiger partial charge is 0.322 e. The number of hydrogen-bond acceptors (Lipinski definition) is 5. The van der Waals surface area contributed by atoms with E-state index in [0.29, 0.717) is 39.2 Å². The highest BCUT2D eigenvalue weighted by Crippen LogP contribution is 2.28. The lowest BCUT2D eigenvalue weighted by molar-refractivity contribution is 0.102. The van der Waals surface area contributed by atoms with Gasteiger partial charge < -0.3 is 5.32 Å². The molecule has 0 aliphatic heterocycles. The van der Waals surface area contributed by atoms with Crippen molar-refractivity contribution >= 4 is 34.7 Å². The SMILES string of the molecule is Cc1nc(-c2ccc(NC(=O)c3csnc3C)cc2Cl)n[nH]1. The topological polar surface area (TPSA) is 83.6 Å².